The summed E-state index contributed by atoms with van der Waals surface area (Å²) in [5.41, 5.74) is -0.594. The van der Waals surface area contributed by atoms with Gasteiger partial charge in [0, 0.05) is 12.7 Å². The van der Waals surface area contributed by atoms with Crippen molar-refractivity contribution in [3.05, 3.63) is 51.1 Å². The van der Waals surface area contributed by atoms with E-state index in [0.717, 1.165) is 30.1 Å². The predicted octanol–water partition coefficient (Wildman–Crippen LogP) is 2.00. The van der Waals surface area contributed by atoms with Gasteiger partial charge in [-0.15, -0.1) is 0 Å². The molecule has 1 saturated heterocycles. The minimum absolute atomic E-state index is 0.0106. The summed E-state index contributed by atoms with van der Waals surface area (Å²) < 4.78 is 36.3. The average molecular weight is 634 g/mol. The molecule has 242 valence electrons. The number of benzene rings is 2. The van der Waals surface area contributed by atoms with E-state index in [2.05, 4.69) is 0 Å². The van der Waals surface area contributed by atoms with Crippen LogP contribution in [0, 0.1) is 10.1 Å². The van der Waals surface area contributed by atoms with Gasteiger partial charge in [0.25, 0.3) is 5.69 Å². The van der Waals surface area contributed by atoms with E-state index in [1.807, 2.05) is 0 Å². The maximum atomic E-state index is 13.8. The number of esters is 1. The molecule has 2 heterocycles. The fourth-order valence-electron chi connectivity index (χ4n) is 5.21. The second kappa shape index (κ2) is 13.6. The number of hydrogen-bond acceptors (Lipinski definition) is 14. The molecule has 1 fully saturated rings. The van der Waals surface area contributed by atoms with Gasteiger partial charge in [-0.05, 0) is 18.2 Å². The molecule has 0 spiro atoms. The molecule has 0 unspecified atom stereocenters. The average Bonchev–Trinajstić information content (AvgIpc) is 3.76. The fourth-order valence-corrected chi connectivity index (χ4v) is 5.21. The number of nitrogens with zero attached hydrogens (tertiary/aromatic N) is 3. The summed E-state index contributed by atoms with van der Waals surface area (Å²) in [5, 5.41) is 22.2. The van der Waals surface area contributed by atoms with E-state index in [9.17, 15) is 34.4 Å². The Kier molecular flexibility index (Phi) is 9.93. The summed E-state index contributed by atoms with van der Waals surface area (Å²) >= 11 is 0. The van der Waals surface area contributed by atoms with Gasteiger partial charge in [-0.2, -0.15) is 0 Å². The largest absolute Gasteiger partial charge is 0.493 e. The molecule has 2 aromatic carbocycles. The topological polar surface area (TPSA) is 203 Å². The highest BCUT2D eigenvalue weighted by atomic mass is 16.7. The second-order valence-corrected chi connectivity index (χ2v) is 9.73. The third kappa shape index (κ3) is 6.25. The van der Waals surface area contributed by atoms with Crippen LogP contribution in [0.2, 0.25) is 0 Å². The van der Waals surface area contributed by atoms with Crippen LogP contribution >= 0.6 is 0 Å². The number of carbonyl (C=O) groups excluding carboxylic acids is 4. The molecule has 0 saturated carbocycles. The van der Waals surface area contributed by atoms with Crippen molar-refractivity contribution in [1.29, 1.82) is 0 Å². The first-order valence-electron chi connectivity index (χ1n) is 13.3. The van der Waals surface area contributed by atoms with Gasteiger partial charge in [-0.25, -0.2) is 14.4 Å². The Morgan fingerprint density at radius 1 is 0.978 bits per heavy atom. The van der Waals surface area contributed by atoms with Gasteiger partial charge in [-0.3, -0.25) is 24.7 Å². The van der Waals surface area contributed by atoms with Gasteiger partial charge in [0.05, 0.1) is 81.4 Å². The van der Waals surface area contributed by atoms with Crippen LogP contribution in [0.3, 0.4) is 0 Å². The number of ether oxygens (including phenoxy) is 7. The zero-order chi connectivity index (χ0) is 33.0. The van der Waals surface area contributed by atoms with Crippen molar-refractivity contribution >= 4 is 35.3 Å². The minimum atomic E-state index is -1.33. The molecule has 45 heavy (non-hydrogen) atoms. The highest BCUT2D eigenvalue weighted by molar-refractivity contribution is 6.03. The number of carbonyl (C=O) groups is 4. The Balaban J connectivity index is 1.84. The highest BCUT2D eigenvalue weighted by Gasteiger charge is 2.60. The lowest BCUT2D eigenvalue weighted by atomic mass is 9.87. The summed E-state index contributed by atoms with van der Waals surface area (Å²) in [6, 6.07) is 2.97. The lowest BCUT2D eigenvalue weighted by Crippen LogP contribution is -2.40. The van der Waals surface area contributed by atoms with E-state index >= 15 is 0 Å². The number of amides is 2. The van der Waals surface area contributed by atoms with Gasteiger partial charge >= 0.3 is 18.2 Å². The van der Waals surface area contributed by atoms with Crippen molar-refractivity contribution in [1.82, 2.24) is 4.90 Å². The number of aliphatic hydroxyl groups is 1. The Labute approximate surface area is 256 Å². The summed E-state index contributed by atoms with van der Waals surface area (Å²) in [4.78, 5) is 65.9. The molecule has 0 aromatic heterocycles. The number of Topliss-reactive ketones (excluding diaryl/α,β-unsaturated/α-hetero) is 1. The number of methoxy groups -OCH3 is 5. The monoisotopic (exact) mass is 633 g/mol. The van der Waals surface area contributed by atoms with Crippen molar-refractivity contribution < 1.29 is 62.4 Å². The number of nitro benzene ring substituents is 1. The fraction of sp³-hybridized carbons (Fsp3) is 0.429. The number of ketones is 1. The summed E-state index contributed by atoms with van der Waals surface area (Å²) in [5.74, 6) is -2.56. The quantitative estimate of drug-likeness (QED) is 0.0993. The molecule has 2 aliphatic heterocycles. The van der Waals surface area contributed by atoms with Crippen molar-refractivity contribution in [3.8, 4) is 17.2 Å². The van der Waals surface area contributed by atoms with Crippen molar-refractivity contribution in [2.75, 3.05) is 60.4 Å². The molecule has 0 radical (unpaired) electrons. The number of anilines is 1. The molecular formula is C28H31N3O14. The summed E-state index contributed by atoms with van der Waals surface area (Å²) in [7, 11) is 6.23. The molecule has 3 atom stereocenters. The van der Waals surface area contributed by atoms with Crippen LogP contribution in [0.4, 0.5) is 21.0 Å². The van der Waals surface area contributed by atoms with Crippen LogP contribution in [0.5, 0.6) is 17.2 Å². The zero-order valence-corrected chi connectivity index (χ0v) is 25.0. The molecule has 1 N–H and O–H groups in total. The van der Waals surface area contributed by atoms with Crippen LogP contribution in [-0.2, 0) is 30.3 Å². The number of rotatable bonds is 10. The van der Waals surface area contributed by atoms with Crippen LogP contribution in [-0.4, -0.2) is 106 Å². The van der Waals surface area contributed by atoms with Crippen LogP contribution in [0.25, 0.3) is 0 Å². The molecule has 17 heteroatoms. The van der Waals surface area contributed by atoms with E-state index in [-0.39, 0.29) is 53.0 Å². The van der Waals surface area contributed by atoms with Gasteiger partial charge in [0.15, 0.2) is 24.1 Å². The van der Waals surface area contributed by atoms with Crippen molar-refractivity contribution in [2.24, 2.45) is 0 Å². The SMILES string of the molecule is COCOc1cc(C(=O)OC)cc2c1[C@H](CO)C(=O)[C@@H]1[C@H](CN2C(=O)OCc2cc(OC)c(OC)cc2[N+](=O)[O-])N1C(=O)OC. The van der Waals surface area contributed by atoms with E-state index in [0.29, 0.717) is 0 Å². The summed E-state index contributed by atoms with van der Waals surface area (Å²) in [6.07, 6.45) is -1.91. The van der Waals surface area contributed by atoms with Crippen molar-refractivity contribution in [2.45, 2.75) is 24.6 Å². The van der Waals surface area contributed by atoms with E-state index < -0.39 is 65.8 Å². The number of fused-ring (bicyclic) bond motifs is 2. The molecule has 0 aliphatic carbocycles. The maximum Gasteiger partial charge on any atom is 0.414 e. The second-order valence-electron chi connectivity index (χ2n) is 9.73. The normalized spacial score (nSPS) is 18.4. The molecule has 2 aliphatic rings. The Morgan fingerprint density at radius 3 is 2.24 bits per heavy atom. The van der Waals surface area contributed by atoms with Gasteiger partial charge < -0.3 is 38.3 Å². The first-order valence-corrected chi connectivity index (χ1v) is 13.3. The molecule has 17 nitrogen and oxygen atoms in total. The standard InChI is InChI=1S/C28H31N3O14/c1-39-13-45-22-7-14(26(34)42-4)6-18-23(22)16(11-32)25(33)24-19(30(24)28(36)43-5)10-29(18)27(35)44-12-15-8-20(40-2)21(41-3)9-17(15)31(37)38/h6-9,16,19,24,32H,10-13H2,1-5H3/t16-,19-,24-,30?/m0/s1. The zero-order valence-electron chi connectivity index (χ0n) is 25.0. The minimum Gasteiger partial charge on any atom is -0.493 e. The maximum absolute atomic E-state index is 13.8. The molecule has 4 rings (SSSR count). The van der Waals surface area contributed by atoms with Gasteiger partial charge in [-0.1, -0.05) is 0 Å². The molecule has 2 amide bonds. The molecular weight excluding hydrogens is 602 g/mol. The summed E-state index contributed by atoms with van der Waals surface area (Å²) in [6.45, 7) is -2.02. The van der Waals surface area contributed by atoms with Crippen LogP contribution < -0.4 is 19.1 Å². The number of aliphatic hydroxyl groups excluding tert-OH is 1. The van der Waals surface area contributed by atoms with Crippen molar-refractivity contribution in [3.63, 3.8) is 0 Å². The molecule has 0 bridgehead atoms. The number of hydrogen-bond donors (Lipinski definition) is 1. The lowest BCUT2D eigenvalue weighted by molar-refractivity contribution is -0.385. The third-order valence-corrected chi connectivity index (χ3v) is 7.37. The Morgan fingerprint density at radius 2 is 1.67 bits per heavy atom. The first-order chi connectivity index (χ1) is 21.6. The number of nitro groups is 1. The third-order valence-electron chi connectivity index (χ3n) is 7.37. The van der Waals surface area contributed by atoms with E-state index in [4.69, 9.17) is 33.2 Å². The van der Waals surface area contributed by atoms with Gasteiger partial charge in [0.1, 0.15) is 18.4 Å². The Hall–Kier alpha value is -5.16. The smallest absolute Gasteiger partial charge is 0.414 e. The van der Waals surface area contributed by atoms with E-state index in [1.165, 1.54) is 39.5 Å². The van der Waals surface area contributed by atoms with Crippen LogP contribution in [0.15, 0.2) is 24.3 Å². The van der Waals surface area contributed by atoms with Gasteiger partial charge in [0.2, 0.25) is 0 Å². The van der Waals surface area contributed by atoms with E-state index in [1.54, 1.807) is 0 Å². The molecule has 2 aromatic rings. The Bertz CT molecular complexity index is 1510. The van der Waals surface area contributed by atoms with Crippen LogP contribution in [0.1, 0.15) is 27.4 Å². The first kappa shape index (κ1) is 32.7. The predicted molar refractivity (Wildman–Crippen MR) is 151 cm³/mol. The highest BCUT2D eigenvalue weighted by Crippen LogP contribution is 2.46. The lowest BCUT2D eigenvalue weighted by Gasteiger charge is -2.30.